The number of aromatic nitrogens is 2. The van der Waals surface area contributed by atoms with Crippen molar-refractivity contribution in [3.63, 3.8) is 0 Å². The SMILES string of the molecule is Cc1ccccc1NC(=O)c1sc2nc3n(c(=O)c2c1C)CCCC3. The zero-order valence-corrected chi connectivity index (χ0v) is 15.1. The van der Waals surface area contributed by atoms with Gasteiger partial charge in [-0.3, -0.25) is 14.2 Å². The summed E-state index contributed by atoms with van der Waals surface area (Å²) in [5.41, 5.74) is 2.50. The molecular formula is C19H19N3O2S. The smallest absolute Gasteiger partial charge is 0.266 e. The number of thiophene rings is 1. The Morgan fingerprint density at radius 2 is 2.04 bits per heavy atom. The Morgan fingerprint density at radius 3 is 2.84 bits per heavy atom. The van der Waals surface area contributed by atoms with Crippen LogP contribution in [0.3, 0.4) is 0 Å². The van der Waals surface area contributed by atoms with Crippen molar-refractivity contribution in [3.8, 4) is 0 Å². The molecule has 3 aromatic rings. The molecular weight excluding hydrogens is 334 g/mol. The van der Waals surface area contributed by atoms with E-state index in [4.69, 9.17) is 0 Å². The normalized spacial score (nSPS) is 13.7. The van der Waals surface area contributed by atoms with Gasteiger partial charge in [0.1, 0.15) is 10.7 Å². The van der Waals surface area contributed by atoms with Gasteiger partial charge in [0.2, 0.25) is 0 Å². The molecule has 0 saturated carbocycles. The maximum absolute atomic E-state index is 12.8. The van der Waals surface area contributed by atoms with Crippen molar-refractivity contribution in [1.82, 2.24) is 9.55 Å². The lowest BCUT2D eigenvalue weighted by Gasteiger charge is -2.16. The fourth-order valence-corrected chi connectivity index (χ4v) is 4.43. The van der Waals surface area contributed by atoms with Gasteiger partial charge in [0, 0.05) is 18.7 Å². The number of nitrogens with zero attached hydrogens (tertiary/aromatic N) is 2. The first-order chi connectivity index (χ1) is 12.1. The number of carbonyl (C=O) groups is 1. The summed E-state index contributed by atoms with van der Waals surface area (Å²) in [6.07, 6.45) is 2.89. The molecule has 1 aliphatic heterocycles. The first-order valence-electron chi connectivity index (χ1n) is 8.46. The molecule has 0 radical (unpaired) electrons. The molecule has 3 heterocycles. The summed E-state index contributed by atoms with van der Waals surface area (Å²) < 4.78 is 1.77. The summed E-state index contributed by atoms with van der Waals surface area (Å²) in [6, 6.07) is 7.66. The highest BCUT2D eigenvalue weighted by atomic mass is 32.1. The number of hydrogen-bond acceptors (Lipinski definition) is 4. The predicted molar refractivity (Wildman–Crippen MR) is 101 cm³/mol. The fourth-order valence-electron chi connectivity index (χ4n) is 3.34. The van der Waals surface area contributed by atoms with E-state index in [0.29, 0.717) is 15.1 Å². The van der Waals surface area contributed by atoms with Gasteiger partial charge in [-0.1, -0.05) is 18.2 Å². The summed E-state index contributed by atoms with van der Waals surface area (Å²) in [4.78, 5) is 31.5. The van der Waals surface area contributed by atoms with Gasteiger partial charge in [0.05, 0.1) is 10.3 Å². The summed E-state index contributed by atoms with van der Waals surface area (Å²) in [7, 11) is 0. The minimum Gasteiger partial charge on any atom is -0.321 e. The van der Waals surface area contributed by atoms with Gasteiger partial charge >= 0.3 is 0 Å². The van der Waals surface area contributed by atoms with Crippen LogP contribution >= 0.6 is 11.3 Å². The fraction of sp³-hybridized carbons (Fsp3) is 0.316. The van der Waals surface area contributed by atoms with Crippen LogP contribution in [0.15, 0.2) is 29.1 Å². The van der Waals surface area contributed by atoms with E-state index in [-0.39, 0.29) is 11.5 Å². The van der Waals surface area contributed by atoms with Crippen molar-refractivity contribution in [2.24, 2.45) is 0 Å². The monoisotopic (exact) mass is 353 g/mol. The van der Waals surface area contributed by atoms with Crippen molar-refractivity contribution < 1.29 is 4.79 Å². The third-order valence-corrected chi connectivity index (χ3v) is 5.95. The molecule has 0 spiro atoms. The first kappa shape index (κ1) is 16.0. The van der Waals surface area contributed by atoms with Crippen molar-refractivity contribution in [3.05, 3.63) is 56.4 Å². The predicted octanol–water partition coefficient (Wildman–Crippen LogP) is 3.66. The maximum atomic E-state index is 12.8. The third-order valence-electron chi connectivity index (χ3n) is 4.76. The molecule has 0 atom stereocenters. The largest absolute Gasteiger partial charge is 0.321 e. The molecule has 128 valence electrons. The number of rotatable bonds is 2. The van der Waals surface area contributed by atoms with Gasteiger partial charge < -0.3 is 5.32 Å². The molecule has 0 saturated heterocycles. The number of benzene rings is 1. The molecule has 1 N–H and O–H groups in total. The number of anilines is 1. The molecule has 2 aromatic heterocycles. The molecule has 0 aliphatic carbocycles. The van der Waals surface area contributed by atoms with E-state index in [1.807, 2.05) is 38.1 Å². The lowest BCUT2D eigenvalue weighted by Crippen LogP contribution is -2.28. The van der Waals surface area contributed by atoms with Crippen LogP contribution in [0.5, 0.6) is 0 Å². The number of para-hydroxylation sites is 1. The van der Waals surface area contributed by atoms with E-state index in [1.165, 1.54) is 11.3 Å². The van der Waals surface area contributed by atoms with E-state index >= 15 is 0 Å². The van der Waals surface area contributed by atoms with E-state index in [1.54, 1.807) is 4.57 Å². The Balaban J connectivity index is 1.79. The van der Waals surface area contributed by atoms with Crippen LogP contribution in [0.4, 0.5) is 5.69 Å². The van der Waals surface area contributed by atoms with Gasteiger partial charge in [0.25, 0.3) is 11.5 Å². The molecule has 1 amide bonds. The standard InChI is InChI=1S/C19H19N3O2S/c1-11-7-3-4-8-13(11)20-17(23)16-12(2)15-18(25-16)21-14-9-5-6-10-22(14)19(15)24/h3-4,7-8H,5-6,9-10H2,1-2H3,(H,20,23). The van der Waals surface area contributed by atoms with Crippen molar-refractivity contribution in [2.75, 3.05) is 5.32 Å². The van der Waals surface area contributed by atoms with E-state index in [2.05, 4.69) is 10.3 Å². The Labute approximate surface area is 149 Å². The number of nitrogens with one attached hydrogen (secondary N) is 1. The first-order valence-corrected chi connectivity index (χ1v) is 9.27. The zero-order valence-electron chi connectivity index (χ0n) is 14.3. The van der Waals surface area contributed by atoms with Gasteiger partial charge in [-0.2, -0.15) is 0 Å². The van der Waals surface area contributed by atoms with Crippen LogP contribution in [-0.4, -0.2) is 15.5 Å². The Bertz CT molecular complexity index is 1050. The topological polar surface area (TPSA) is 64.0 Å². The van der Waals surface area contributed by atoms with Crippen LogP contribution in [0.2, 0.25) is 0 Å². The summed E-state index contributed by atoms with van der Waals surface area (Å²) in [5, 5.41) is 3.54. The molecule has 0 unspecified atom stereocenters. The second-order valence-electron chi connectivity index (χ2n) is 6.45. The highest BCUT2D eigenvalue weighted by molar-refractivity contribution is 7.20. The Morgan fingerprint density at radius 1 is 1.24 bits per heavy atom. The van der Waals surface area contributed by atoms with Crippen LogP contribution in [0.1, 0.15) is 39.5 Å². The van der Waals surface area contributed by atoms with Gasteiger partial charge in [-0.05, 0) is 43.9 Å². The van der Waals surface area contributed by atoms with Gasteiger partial charge in [-0.25, -0.2) is 4.98 Å². The van der Waals surface area contributed by atoms with E-state index in [9.17, 15) is 9.59 Å². The van der Waals surface area contributed by atoms with Gasteiger partial charge in [0.15, 0.2) is 0 Å². The molecule has 6 heteroatoms. The summed E-state index contributed by atoms with van der Waals surface area (Å²) in [5.74, 6) is 0.660. The Kier molecular flexibility index (Phi) is 3.92. The Hall–Kier alpha value is -2.47. The molecule has 1 aromatic carbocycles. The highest BCUT2D eigenvalue weighted by Gasteiger charge is 2.22. The number of fused-ring (bicyclic) bond motifs is 2. The highest BCUT2D eigenvalue weighted by Crippen LogP contribution is 2.29. The van der Waals surface area contributed by atoms with Crippen LogP contribution in [0, 0.1) is 13.8 Å². The van der Waals surface area contributed by atoms with E-state index in [0.717, 1.165) is 48.4 Å². The summed E-state index contributed by atoms with van der Waals surface area (Å²) in [6.45, 7) is 4.51. The molecule has 0 bridgehead atoms. The molecule has 4 rings (SSSR count). The number of carbonyl (C=O) groups excluding carboxylic acids is 1. The number of aryl methyl sites for hydroxylation is 3. The van der Waals surface area contributed by atoms with Crippen LogP contribution in [-0.2, 0) is 13.0 Å². The molecule has 0 fully saturated rings. The molecule has 5 nitrogen and oxygen atoms in total. The average molecular weight is 353 g/mol. The average Bonchev–Trinajstić information content (AvgIpc) is 2.94. The number of amides is 1. The maximum Gasteiger partial charge on any atom is 0.266 e. The van der Waals surface area contributed by atoms with Gasteiger partial charge in [-0.15, -0.1) is 11.3 Å². The lowest BCUT2D eigenvalue weighted by molar-refractivity contribution is 0.103. The minimum absolute atomic E-state index is 0.0107. The number of hydrogen-bond donors (Lipinski definition) is 1. The van der Waals surface area contributed by atoms with Crippen LogP contribution in [0.25, 0.3) is 10.2 Å². The third kappa shape index (κ3) is 2.66. The second kappa shape index (κ2) is 6.11. The van der Waals surface area contributed by atoms with Crippen molar-refractivity contribution >= 4 is 33.1 Å². The summed E-state index contributed by atoms with van der Waals surface area (Å²) >= 11 is 1.31. The van der Waals surface area contributed by atoms with Crippen molar-refractivity contribution in [1.29, 1.82) is 0 Å². The van der Waals surface area contributed by atoms with E-state index < -0.39 is 0 Å². The van der Waals surface area contributed by atoms with Crippen LogP contribution < -0.4 is 10.9 Å². The van der Waals surface area contributed by atoms with Crippen molar-refractivity contribution in [2.45, 2.75) is 39.7 Å². The molecule has 1 aliphatic rings. The molecule has 25 heavy (non-hydrogen) atoms. The second-order valence-corrected chi connectivity index (χ2v) is 7.45. The zero-order chi connectivity index (χ0) is 17.6. The minimum atomic E-state index is -0.183. The lowest BCUT2D eigenvalue weighted by atomic mass is 10.1. The quantitative estimate of drug-likeness (QED) is 0.765.